The van der Waals surface area contributed by atoms with Crippen LogP contribution in [0.15, 0.2) is 53.6 Å². The molecule has 2 aromatic rings. The zero-order valence-corrected chi connectivity index (χ0v) is 17.2. The van der Waals surface area contributed by atoms with Gasteiger partial charge in [-0.25, -0.2) is 13.4 Å². The van der Waals surface area contributed by atoms with Crippen LogP contribution >= 0.6 is 0 Å². The molecule has 3 rings (SSSR count). The molecular formula is C20H24N4O3S. The molecule has 7 nitrogen and oxygen atoms in total. The SMILES string of the molecule is CC(=O)N1N=C(c2cccc(NS(C)(=O)=O)c2)C[C@@H]1c1ccc(N(C)C)cc1. The topological polar surface area (TPSA) is 82.1 Å². The third-order valence-electron chi connectivity index (χ3n) is 4.53. The summed E-state index contributed by atoms with van der Waals surface area (Å²) in [6.45, 7) is 1.50. The molecular weight excluding hydrogens is 376 g/mol. The summed E-state index contributed by atoms with van der Waals surface area (Å²) in [5.74, 6) is -0.137. The highest BCUT2D eigenvalue weighted by Crippen LogP contribution is 2.34. The third kappa shape index (κ3) is 4.51. The average Bonchev–Trinajstić information content (AvgIpc) is 3.06. The van der Waals surface area contributed by atoms with Crippen LogP contribution in [0.4, 0.5) is 11.4 Å². The molecule has 1 heterocycles. The number of anilines is 2. The number of rotatable bonds is 5. The van der Waals surface area contributed by atoms with E-state index in [2.05, 4.69) is 9.82 Å². The lowest BCUT2D eigenvalue weighted by Crippen LogP contribution is -2.24. The number of carbonyl (C=O) groups excluding carboxylic acids is 1. The molecule has 0 bridgehead atoms. The lowest BCUT2D eigenvalue weighted by atomic mass is 9.98. The first kappa shape index (κ1) is 19.9. The first-order valence-corrected chi connectivity index (χ1v) is 10.8. The Morgan fingerprint density at radius 2 is 1.86 bits per heavy atom. The van der Waals surface area contributed by atoms with E-state index in [4.69, 9.17) is 0 Å². The van der Waals surface area contributed by atoms with E-state index in [1.54, 1.807) is 18.2 Å². The highest BCUT2D eigenvalue weighted by atomic mass is 32.2. The van der Waals surface area contributed by atoms with Crippen molar-refractivity contribution in [2.75, 3.05) is 30.0 Å². The van der Waals surface area contributed by atoms with Gasteiger partial charge in [0.2, 0.25) is 15.9 Å². The zero-order valence-electron chi connectivity index (χ0n) is 16.4. The van der Waals surface area contributed by atoms with E-state index in [0.29, 0.717) is 12.1 Å². The predicted octanol–water partition coefficient (Wildman–Crippen LogP) is 2.82. The first-order valence-electron chi connectivity index (χ1n) is 8.87. The van der Waals surface area contributed by atoms with Crippen LogP contribution in [0, 0.1) is 0 Å². The van der Waals surface area contributed by atoms with E-state index in [9.17, 15) is 13.2 Å². The monoisotopic (exact) mass is 400 g/mol. The van der Waals surface area contributed by atoms with Crippen molar-refractivity contribution in [3.8, 4) is 0 Å². The fourth-order valence-electron chi connectivity index (χ4n) is 3.21. The van der Waals surface area contributed by atoms with Gasteiger partial charge in [0.05, 0.1) is 18.0 Å². The number of nitrogens with one attached hydrogen (secondary N) is 1. The van der Waals surface area contributed by atoms with E-state index in [1.807, 2.05) is 49.3 Å². The Hall–Kier alpha value is -2.87. The van der Waals surface area contributed by atoms with Crippen molar-refractivity contribution in [1.29, 1.82) is 0 Å². The Morgan fingerprint density at radius 3 is 2.43 bits per heavy atom. The molecule has 2 aromatic carbocycles. The van der Waals surface area contributed by atoms with E-state index < -0.39 is 10.0 Å². The van der Waals surface area contributed by atoms with Crippen molar-refractivity contribution >= 4 is 33.0 Å². The van der Waals surface area contributed by atoms with E-state index in [1.165, 1.54) is 11.9 Å². The Labute approximate surface area is 165 Å². The number of sulfonamides is 1. The summed E-state index contributed by atoms with van der Waals surface area (Å²) < 4.78 is 25.4. The molecule has 1 N–H and O–H groups in total. The number of nitrogens with zero attached hydrogens (tertiary/aromatic N) is 3. The van der Waals surface area contributed by atoms with Crippen LogP contribution in [0.5, 0.6) is 0 Å². The Kier molecular flexibility index (Phi) is 5.42. The van der Waals surface area contributed by atoms with Crippen LogP contribution in [-0.2, 0) is 14.8 Å². The van der Waals surface area contributed by atoms with Gasteiger partial charge < -0.3 is 4.90 Å². The fraction of sp³-hybridized carbons (Fsp3) is 0.300. The van der Waals surface area contributed by atoms with Crippen LogP contribution in [0.3, 0.4) is 0 Å². The van der Waals surface area contributed by atoms with Crippen molar-refractivity contribution < 1.29 is 13.2 Å². The number of hydrogen-bond donors (Lipinski definition) is 1. The normalized spacial score (nSPS) is 16.6. The first-order chi connectivity index (χ1) is 13.1. The average molecular weight is 401 g/mol. The Morgan fingerprint density at radius 1 is 1.18 bits per heavy atom. The van der Waals surface area contributed by atoms with Gasteiger partial charge in [-0.15, -0.1) is 0 Å². The van der Waals surface area contributed by atoms with Gasteiger partial charge in [-0.05, 0) is 35.4 Å². The quantitative estimate of drug-likeness (QED) is 0.837. The lowest BCUT2D eigenvalue weighted by molar-refractivity contribution is -0.130. The summed E-state index contributed by atoms with van der Waals surface area (Å²) in [4.78, 5) is 14.2. The van der Waals surface area contributed by atoms with E-state index in [-0.39, 0.29) is 11.9 Å². The molecule has 1 aliphatic heterocycles. The maximum Gasteiger partial charge on any atom is 0.240 e. The summed E-state index contributed by atoms with van der Waals surface area (Å²) in [5, 5.41) is 6.02. The molecule has 0 saturated carbocycles. The second kappa shape index (κ2) is 7.63. The second-order valence-electron chi connectivity index (χ2n) is 7.07. The van der Waals surface area contributed by atoms with Crippen LogP contribution < -0.4 is 9.62 Å². The predicted molar refractivity (Wildman–Crippen MR) is 112 cm³/mol. The lowest BCUT2D eigenvalue weighted by Gasteiger charge is -2.21. The zero-order chi connectivity index (χ0) is 20.5. The molecule has 1 atom stereocenters. The summed E-state index contributed by atoms with van der Waals surface area (Å²) >= 11 is 0. The summed E-state index contributed by atoms with van der Waals surface area (Å²) in [5.41, 5.74) is 4.08. The molecule has 0 fully saturated rings. The van der Waals surface area contributed by atoms with Gasteiger partial charge in [0.1, 0.15) is 0 Å². The Bertz CT molecular complexity index is 1010. The number of benzene rings is 2. The summed E-state index contributed by atoms with van der Waals surface area (Å²) in [7, 11) is 0.590. The molecule has 0 aliphatic carbocycles. The molecule has 0 spiro atoms. The smallest absolute Gasteiger partial charge is 0.240 e. The summed E-state index contributed by atoms with van der Waals surface area (Å²) in [6, 6.07) is 14.9. The van der Waals surface area contributed by atoms with Crippen molar-refractivity contribution in [1.82, 2.24) is 5.01 Å². The number of amides is 1. The molecule has 1 aliphatic rings. The molecule has 0 saturated heterocycles. The van der Waals surface area contributed by atoms with Crippen LogP contribution in [0.25, 0.3) is 0 Å². The minimum atomic E-state index is -3.36. The van der Waals surface area contributed by atoms with Gasteiger partial charge in [-0.3, -0.25) is 9.52 Å². The largest absolute Gasteiger partial charge is 0.378 e. The molecule has 28 heavy (non-hydrogen) atoms. The Balaban J connectivity index is 1.89. The van der Waals surface area contributed by atoms with Gasteiger partial charge in [0, 0.05) is 38.8 Å². The van der Waals surface area contributed by atoms with Gasteiger partial charge in [0.15, 0.2) is 0 Å². The fourth-order valence-corrected chi connectivity index (χ4v) is 3.76. The van der Waals surface area contributed by atoms with Crippen molar-refractivity contribution in [3.63, 3.8) is 0 Å². The van der Waals surface area contributed by atoms with E-state index in [0.717, 1.165) is 28.8 Å². The number of hydrogen-bond acceptors (Lipinski definition) is 5. The number of hydrazone groups is 1. The van der Waals surface area contributed by atoms with Crippen LogP contribution in [-0.4, -0.2) is 45.4 Å². The number of carbonyl (C=O) groups is 1. The van der Waals surface area contributed by atoms with Crippen LogP contribution in [0.1, 0.15) is 30.5 Å². The summed E-state index contributed by atoms with van der Waals surface area (Å²) in [6.07, 6.45) is 1.67. The maximum atomic E-state index is 12.2. The minimum Gasteiger partial charge on any atom is -0.378 e. The van der Waals surface area contributed by atoms with Gasteiger partial charge in [0.25, 0.3) is 0 Å². The van der Waals surface area contributed by atoms with Gasteiger partial charge in [-0.2, -0.15) is 5.10 Å². The van der Waals surface area contributed by atoms with Crippen LogP contribution in [0.2, 0.25) is 0 Å². The van der Waals surface area contributed by atoms with Gasteiger partial charge in [-0.1, -0.05) is 24.3 Å². The second-order valence-corrected chi connectivity index (χ2v) is 8.82. The molecule has 1 amide bonds. The van der Waals surface area contributed by atoms with Gasteiger partial charge >= 0.3 is 0 Å². The molecule has 148 valence electrons. The highest BCUT2D eigenvalue weighted by Gasteiger charge is 2.31. The maximum absolute atomic E-state index is 12.2. The molecule has 0 aromatic heterocycles. The highest BCUT2D eigenvalue weighted by molar-refractivity contribution is 7.92. The minimum absolute atomic E-state index is 0.137. The molecule has 0 radical (unpaired) electrons. The third-order valence-corrected chi connectivity index (χ3v) is 5.13. The van der Waals surface area contributed by atoms with E-state index >= 15 is 0 Å². The molecule has 0 unspecified atom stereocenters. The van der Waals surface area contributed by atoms with Crippen molar-refractivity contribution in [2.24, 2.45) is 5.10 Å². The van der Waals surface area contributed by atoms with Crippen molar-refractivity contribution in [2.45, 2.75) is 19.4 Å². The standard InChI is InChI=1S/C20H24N4O3S/c1-14(25)24-20(15-8-10-18(11-9-15)23(2)3)13-19(21-24)16-6-5-7-17(12-16)22-28(4,26)27/h5-12,20,22H,13H2,1-4H3/t20-/m1/s1. The molecule has 8 heteroatoms. The van der Waals surface area contributed by atoms with Crippen molar-refractivity contribution in [3.05, 3.63) is 59.7 Å².